The number of rotatable bonds is 55. The predicted molar refractivity (Wildman–Crippen MR) is 316 cm³/mol. The first kappa shape index (κ1) is 69.3. The van der Waals surface area contributed by atoms with Gasteiger partial charge < -0.3 is 14.2 Å². The average Bonchev–Trinajstić information content (AvgIpc) is 3.39. The SMILES string of the molecule is CC/C=C\C/C=C\C/C=C\C/C=C\C/C=C\C/C=C\C/C=C\CCCCCCCCCCCCCCCC(=O)OCC(COC(=O)CCCCCCCCCC)OC(=O)CCCCCCC/C=C\CCCCC. The van der Waals surface area contributed by atoms with Gasteiger partial charge in [0, 0.05) is 19.3 Å². The number of carbonyl (C=O) groups excluding carboxylic acids is 3. The molecular weight excluding hydrogens is 901 g/mol. The highest BCUT2D eigenvalue weighted by Crippen LogP contribution is 2.16. The van der Waals surface area contributed by atoms with Crippen LogP contribution in [0.5, 0.6) is 0 Å². The molecule has 0 saturated heterocycles. The molecule has 0 spiro atoms. The minimum atomic E-state index is -0.777. The Morgan fingerprint density at radius 3 is 0.877 bits per heavy atom. The third-order valence-electron chi connectivity index (χ3n) is 13.1. The summed E-state index contributed by atoms with van der Waals surface area (Å²) in [5.74, 6) is -0.887. The van der Waals surface area contributed by atoms with Crippen LogP contribution in [0.4, 0.5) is 0 Å². The van der Waals surface area contributed by atoms with Crippen molar-refractivity contribution in [3.05, 3.63) is 97.2 Å². The third kappa shape index (κ3) is 59.1. The topological polar surface area (TPSA) is 78.9 Å². The zero-order chi connectivity index (χ0) is 52.9. The fourth-order valence-corrected chi connectivity index (χ4v) is 8.48. The number of ether oxygens (including phenoxy) is 3. The van der Waals surface area contributed by atoms with E-state index in [-0.39, 0.29) is 31.1 Å². The van der Waals surface area contributed by atoms with E-state index < -0.39 is 6.10 Å². The van der Waals surface area contributed by atoms with Crippen molar-refractivity contribution in [2.45, 2.75) is 297 Å². The van der Waals surface area contributed by atoms with E-state index in [0.717, 1.165) is 116 Å². The van der Waals surface area contributed by atoms with Gasteiger partial charge in [-0.15, -0.1) is 0 Å². The Hall–Kier alpha value is -3.67. The van der Waals surface area contributed by atoms with E-state index in [1.165, 1.54) is 135 Å². The molecule has 0 bridgehead atoms. The Balaban J connectivity index is 4.03. The van der Waals surface area contributed by atoms with Crippen LogP contribution in [0.25, 0.3) is 0 Å². The minimum absolute atomic E-state index is 0.0774. The fraction of sp³-hybridized carbons (Fsp3) is 0.716. The Labute approximate surface area is 451 Å². The second-order valence-corrected chi connectivity index (χ2v) is 20.2. The molecule has 73 heavy (non-hydrogen) atoms. The maximum Gasteiger partial charge on any atom is 0.306 e. The van der Waals surface area contributed by atoms with Crippen molar-refractivity contribution in [2.24, 2.45) is 0 Å². The number of allylic oxidation sites excluding steroid dienone is 16. The van der Waals surface area contributed by atoms with Crippen LogP contribution in [-0.4, -0.2) is 37.2 Å². The molecule has 0 aliphatic carbocycles. The Kier molecular flexibility index (Phi) is 57.8. The van der Waals surface area contributed by atoms with Crippen LogP contribution in [0.1, 0.15) is 290 Å². The van der Waals surface area contributed by atoms with Gasteiger partial charge in [0.25, 0.3) is 0 Å². The first-order valence-corrected chi connectivity index (χ1v) is 30.7. The smallest absolute Gasteiger partial charge is 0.306 e. The number of esters is 3. The van der Waals surface area contributed by atoms with Crippen LogP contribution >= 0.6 is 0 Å². The van der Waals surface area contributed by atoms with E-state index in [9.17, 15) is 14.4 Å². The zero-order valence-electron chi connectivity index (χ0n) is 47.9. The summed E-state index contributed by atoms with van der Waals surface area (Å²) in [4.78, 5) is 37.9. The summed E-state index contributed by atoms with van der Waals surface area (Å²) in [6, 6.07) is 0. The Morgan fingerprint density at radius 1 is 0.288 bits per heavy atom. The molecule has 0 radical (unpaired) electrons. The molecule has 6 nitrogen and oxygen atoms in total. The van der Waals surface area contributed by atoms with Crippen LogP contribution in [-0.2, 0) is 28.6 Å². The molecule has 0 aliphatic heterocycles. The van der Waals surface area contributed by atoms with Crippen molar-refractivity contribution in [1.29, 1.82) is 0 Å². The normalized spacial score (nSPS) is 12.8. The molecule has 0 aromatic carbocycles. The van der Waals surface area contributed by atoms with Gasteiger partial charge in [-0.1, -0.05) is 266 Å². The van der Waals surface area contributed by atoms with Gasteiger partial charge in [-0.3, -0.25) is 14.4 Å². The summed E-state index contributed by atoms with van der Waals surface area (Å²) in [5, 5.41) is 0. The summed E-state index contributed by atoms with van der Waals surface area (Å²) in [7, 11) is 0. The lowest BCUT2D eigenvalue weighted by atomic mass is 10.0. The first-order valence-electron chi connectivity index (χ1n) is 30.7. The zero-order valence-corrected chi connectivity index (χ0v) is 47.9. The number of hydrogen-bond donors (Lipinski definition) is 0. The van der Waals surface area contributed by atoms with Crippen molar-refractivity contribution < 1.29 is 28.6 Å². The van der Waals surface area contributed by atoms with Crippen LogP contribution in [0.2, 0.25) is 0 Å². The summed E-state index contributed by atoms with van der Waals surface area (Å²) in [6.45, 7) is 6.47. The molecule has 0 saturated carbocycles. The van der Waals surface area contributed by atoms with Gasteiger partial charge in [0.1, 0.15) is 13.2 Å². The number of carbonyl (C=O) groups is 3. The van der Waals surface area contributed by atoms with Crippen molar-refractivity contribution >= 4 is 17.9 Å². The van der Waals surface area contributed by atoms with E-state index in [2.05, 4.69) is 118 Å². The average molecular weight is 1020 g/mol. The number of hydrogen-bond acceptors (Lipinski definition) is 6. The Morgan fingerprint density at radius 2 is 0.534 bits per heavy atom. The summed E-state index contributed by atoms with van der Waals surface area (Å²) < 4.78 is 16.8. The van der Waals surface area contributed by atoms with Crippen LogP contribution in [0, 0.1) is 0 Å². The lowest BCUT2D eigenvalue weighted by molar-refractivity contribution is -0.167. The van der Waals surface area contributed by atoms with Crippen molar-refractivity contribution in [3.8, 4) is 0 Å². The summed E-state index contributed by atoms with van der Waals surface area (Å²) >= 11 is 0. The van der Waals surface area contributed by atoms with Gasteiger partial charge >= 0.3 is 17.9 Å². The van der Waals surface area contributed by atoms with Crippen molar-refractivity contribution in [3.63, 3.8) is 0 Å². The minimum Gasteiger partial charge on any atom is -0.462 e. The molecule has 0 heterocycles. The molecule has 0 aromatic heterocycles. The lowest BCUT2D eigenvalue weighted by Crippen LogP contribution is -2.30. The number of unbranched alkanes of at least 4 members (excludes halogenated alkanes) is 28. The molecule has 0 aromatic rings. The summed E-state index contributed by atoms with van der Waals surface area (Å²) in [6.07, 6.45) is 81.5. The molecule has 1 atom stereocenters. The maximum atomic E-state index is 12.8. The highest BCUT2D eigenvalue weighted by molar-refractivity contribution is 5.71. The van der Waals surface area contributed by atoms with E-state index >= 15 is 0 Å². The standard InChI is InChI=1S/C67H114O6/c1-4-7-10-13-16-19-21-23-24-25-26-27-28-29-30-31-32-33-34-35-36-37-38-39-40-41-42-43-44-45-47-48-51-54-57-60-66(69)72-63-64(62-71-65(68)59-56-53-50-18-15-12-9-6-3)73-67(70)61-58-55-52-49-46-22-20-17-14-11-8-5-2/h7,10,16-17,19-20,23-24,26-27,29-30,32-33,35-36,64H,4-6,8-9,11-15,18,21-22,25,28,31,34,37-63H2,1-3H3/b10-7-,19-16-,20-17-,24-23-,27-26-,30-29-,33-32-,36-35-. The highest BCUT2D eigenvalue weighted by Gasteiger charge is 2.19. The monoisotopic (exact) mass is 1010 g/mol. The second kappa shape index (κ2) is 60.9. The van der Waals surface area contributed by atoms with Gasteiger partial charge in [0.15, 0.2) is 6.10 Å². The maximum absolute atomic E-state index is 12.8. The molecular formula is C67H114O6. The Bertz CT molecular complexity index is 1440. The van der Waals surface area contributed by atoms with Gasteiger partial charge in [-0.05, 0) is 103 Å². The largest absolute Gasteiger partial charge is 0.462 e. The third-order valence-corrected chi connectivity index (χ3v) is 13.1. The quantitative estimate of drug-likeness (QED) is 0.0261. The molecule has 6 heteroatoms. The molecule has 1 unspecified atom stereocenters. The highest BCUT2D eigenvalue weighted by atomic mass is 16.6. The van der Waals surface area contributed by atoms with Crippen LogP contribution in [0.15, 0.2) is 97.2 Å². The molecule has 0 amide bonds. The molecule has 0 aliphatic rings. The van der Waals surface area contributed by atoms with Crippen molar-refractivity contribution in [2.75, 3.05) is 13.2 Å². The molecule has 418 valence electrons. The fourth-order valence-electron chi connectivity index (χ4n) is 8.48. The van der Waals surface area contributed by atoms with Gasteiger partial charge in [0.05, 0.1) is 0 Å². The van der Waals surface area contributed by atoms with E-state index in [1.54, 1.807) is 0 Å². The van der Waals surface area contributed by atoms with Gasteiger partial charge in [-0.25, -0.2) is 0 Å². The first-order chi connectivity index (χ1) is 36.0. The van der Waals surface area contributed by atoms with Crippen molar-refractivity contribution in [1.82, 2.24) is 0 Å². The second-order valence-electron chi connectivity index (χ2n) is 20.2. The summed E-state index contributed by atoms with van der Waals surface area (Å²) in [5.41, 5.74) is 0. The van der Waals surface area contributed by atoms with Gasteiger partial charge in [-0.2, -0.15) is 0 Å². The van der Waals surface area contributed by atoms with Crippen LogP contribution in [0.3, 0.4) is 0 Å². The predicted octanol–water partition coefficient (Wildman–Crippen LogP) is 20.9. The lowest BCUT2D eigenvalue weighted by Gasteiger charge is -2.18. The van der Waals surface area contributed by atoms with Crippen LogP contribution < -0.4 is 0 Å². The van der Waals surface area contributed by atoms with E-state index in [0.29, 0.717) is 19.3 Å². The molecule has 0 N–H and O–H groups in total. The van der Waals surface area contributed by atoms with E-state index in [1.807, 2.05) is 0 Å². The van der Waals surface area contributed by atoms with E-state index in [4.69, 9.17) is 14.2 Å². The molecule has 0 fully saturated rings. The molecule has 0 rings (SSSR count). The van der Waals surface area contributed by atoms with Gasteiger partial charge in [0.2, 0.25) is 0 Å².